The molecule has 0 bridgehead atoms. The Morgan fingerprint density at radius 3 is 2.14 bits per heavy atom. The van der Waals surface area contributed by atoms with Crippen LogP contribution in [-0.2, 0) is 0 Å². The molecule has 0 rings (SSSR count). The molecule has 7 heteroatoms. The van der Waals surface area contributed by atoms with Crippen LogP contribution in [0.1, 0.15) is 39.0 Å². The van der Waals surface area contributed by atoms with Crippen molar-refractivity contribution in [2.75, 3.05) is 39.8 Å². The summed E-state index contributed by atoms with van der Waals surface area (Å²) in [5.41, 5.74) is 5.06. The van der Waals surface area contributed by atoms with Gasteiger partial charge in [-0.1, -0.05) is 32.6 Å². The van der Waals surface area contributed by atoms with Gasteiger partial charge in [-0.15, -0.1) is 0 Å². The van der Waals surface area contributed by atoms with Crippen LogP contribution in [-0.4, -0.2) is 56.7 Å². The molecule has 0 aliphatic carbocycles. The Morgan fingerprint density at radius 1 is 0.952 bits per heavy atom. The van der Waals surface area contributed by atoms with E-state index in [2.05, 4.69) is 27.8 Å². The fraction of sp³-hybridized carbons (Fsp3) is 0.857. The van der Waals surface area contributed by atoms with Gasteiger partial charge in [-0.2, -0.15) is 0 Å². The zero-order valence-corrected chi connectivity index (χ0v) is 13.4. The molecule has 5 N–H and O–H groups in total. The number of nitrogens with one attached hydrogen (secondary N) is 3. The van der Waals surface area contributed by atoms with Crippen molar-refractivity contribution in [1.29, 1.82) is 0 Å². The largest absolute Gasteiger partial charge is 0.352 e. The maximum Gasteiger partial charge on any atom is 0.314 e. The second-order valence-electron chi connectivity index (χ2n) is 5.05. The molecule has 0 spiro atoms. The predicted molar refractivity (Wildman–Crippen MR) is 85.2 cm³/mol. The first-order valence-electron chi connectivity index (χ1n) is 7.81. The lowest BCUT2D eigenvalue weighted by molar-refractivity contribution is 0.233. The van der Waals surface area contributed by atoms with Crippen LogP contribution in [0.3, 0.4) is 0 Å². The van der Waals surface area contributed by atoms with Gasteiger partial charge in [-0.05, 0) is 13.0 Å². The van der Waals surface area contributed by atoms with Crippen LogP contribution < -0.4 is 21.7 Å². The highest BCUT2D eigenvalue weighted by atomic mass is 16.2. The Labute approximate surface area is 128 Å². The summed E-state index contributed by atoms with van der Waals surface area (Å²) in [5.74, 6) is 0. The first-order valence-corrected chi connectivity index (χ1v) is 7.81. The molecule has 0 radical (unpaired) electrons. The van der Waals surface area contributed by atoms with Gasteiger partial charge in [0.1, 0.15) is 0 Å². The number of primary amides is 1. The third-order valence-corrected chi connectivity index (χ3v) is 3.25. The number of hydrogen-bond donors (Lipinski definition) is 4. The number of unbranched alkanes of at least 4 members (excludes halogenated alkanes) is 4. The summed E-state index contributed by atoms with van der Waals surface area (Å²) in [5, 5.41) is 7.88. The molecule has 21 heavy (non-hydrogen) atoms. The average Bonchev–Trinajstić information content (AvgIpc) is 2.45. The van der Waals surface area contributed by atoms with Crippen molar-refractivity contribution in [3.63, 3.8) is 0 Å². The van der Waals surface area contributed by atoms with Gasteiger partial charge in [0.25, 0.3) is 0 Å². The fourth-order valence-electron chi connectivity index (χ4n) is 2.03. The first kappa shape index (κ1) is 19.5. The highest BCUT2D eigenvalue weighted by Crippen LogP contribution is 2.03. The van der Waals surface area contributed by atoms with Crippen molar-refractivity contribution in [2.24, 2.45) is 5.73 Å². The zero-order valence-electron chi connectivity index (χ0n) is 13.4. The van der Waals surface area contributed by atoms with Crippen molar-refractivity contribution >= 4 is 12.1 Å². The minimum Gasteiger partial charge on any atom is -0.352 e. The SMILES string of the molecule is CCCCCCCN(CCNC(N)=O)CCNC(=O)NC. The maximum absolute atomic E-state index is 11.1. The van der Waals surface area contributed by atoms with Gasteiger partial charge in [0.05, 0.1) is 0 Å². The van der Waals surface area contributed by atoms with Gasteiger partial charge in [-0.25, -0.2) is 9.59 Å². The van der Waals surface area contributed by atoms with Crippen LogP contribution in [0.5, 0.6) is 0 Å². The number of nitrogens with two attached hydrogens (primary N) is 1. The summed E-state index contributed by atoms with van der Waals surface area (Å²) in [6, 6.07) is -0.672. The van der Waals surface area contributed by atoms with Gasteiger partial charge < -0.3 is 21.7 Å². The number of hydrogen-bond acceptors (Lipinski definition) is 3. The summed E-state index contributed by atoms with van der Waals surface area (Å²) in [6.45, 7) is 5.80. The molecule has 0 fully saturated rings. The summed E-state index contributed by atoms with van der Waals surface area (Å²) in [4.78, 5) is 24.0. The molecule has 0 unspecified atom stereocenters. The zero-order chi connectivity index (χ0) is 15.9. The lowest BCUT2D eigenvalue weighted by Crippen LogP contribution is -2.42. The van der Waals surface area contributed by atoms with Crippen molar-refractivity contribution in [3.05, 3.63) is 0 Å². The number of carbonyl (C=O) groups excluding carboxylic acids is 2. The quantitative estimate of drug-likeness (QED) is 0.402. The van der Waals surface area contributed by atoms with E-state index >= 15 is 0 Å². The number of urea groups is 2. The maximum atomic E-state index is 11.1. The molecule has 0 saturated carbocycles. The normalized spacial score (nSPS) is 10.4. The molecule has 4 amide bonds. The van der Waals surface area contributed by atoms with Crippen LogP contribution in [0.15, 0.2) is 0 Å². The molecule has 0 heterocycles. The second kappa shape index (κ2) is 13.5. The van der Waals surface area contributed by atoms with Crippen molar-refractivity contribution in [2.45, 2.75) is 39.0 Å². The van der Waals surface area contributed by atoms with Crippen LogP contribution in [0.25, 0.3) is 0 Å². The second-order valence-corrected chi connectivity index (χ2v) is 5.05. The van der Waals surface area contributed by atoms with E-state index < -0.39 is 6.03 Å². The van der Waals surface area contributed by atoms with Crippen LogP contribution >= 0.6 is 0 Å². The monoisotopic (exact) mass is 301 g/mol. The first-order chi connectivity index (χ1) is 10.1. The van der Waals surface area contributed by atoms with Crippen LogP contribution in [0.2, 0.25) is 0 Å². The summed E-state index contributed by atoms with van der Waals surface area (Å²) in [7, 11) is 1.59. The molecule has 7 nitrogen and oxygen atoms in total. The highest BCUT2D eigenvalue weighted by Gasteiger charge is 2.06. The average molecular weight is 301 g/mol. The van der Waals surface area contributed by atoms with Gasteiger partial charge in [0.2, 0.25) is 0 Å². The Bertz CT molecular complexity index is 287. The van der Waals surface area contributed by atoms with E-state index in [0.29, 0.717) is 13.1 Å². The van der Waals surface area contributed by atoms with E-state index in [4.69, 9.17) is 5.73 Å². The minimum absolute atomic E-state index is 0.173. The molecule has 0 aliphatic heterocycles. The Balaban J connectivity index is 3.90. The third-order valence-electron chi connectivity index (χ3n) is 3.25. The molecular weight excluding hydrogens is 270 g/mol. The van der Waals surface area contributed by atoms with Crippen molar-refractivity contribution in [1.82, 2.24) is 20.9 Å². The van der Waals surface area contributed by atoms with E-state index in [1.807, 2.05) is 0 Å². The van der Waals surface area contributed by atoms with E-state index in [0.717, 1.165) is 26.1 Å². The molecule has 0 aromatic rings. The van der Waals surface area contributed by atoms with E-state index in [-0.39, 0.29) is 6.03 Å². The van der Waals surface area contributed by atoms with Crippen LogP contribution in [0, 0.1) is 0 Å². The van der Waals surface area contributed by atoms with Crippen LogP contribution in [0.4, 0.5) is 9.59 Å². The Morgan fingerprint density at radius 2 is 1.57 bits per heavy atom. The van der Waals surface area contributed by atoms with Gasteiger partial charge in [0.15, 0.2) is 0 Å². The highest BCUT2D eigenvalue weighted by molar-refractivity contribution is 5.73. The van der Waals surface area contributed by atoms with E-state index in [9.17, 15) is 9.59 Å². The summed E-state index contributed by atoms with van der Waals surface area (Å²) >= 11 is 0. The molecule has 0 atom stereocenters. The fourth-order valence-corrected chi connectivity index (χ4v) is 2.03. The lowest BCUT2D eigenvalue weighted by Gasteiger charge is -2.22. The molecule has 0 aliphatic rings. The van der Waals surface area contributed by atoms with Crippen molar-refractivity contribution in [3.8, 4) is 0 Å². The van der Waals surface area contributed by atoms with Gasteiger partial charge in [-0.3, -0.25) is 4.90 Å². The number of rotatable bonds is 12. The van der Waals surface area contributed by atoms with E-state index in [1.165, 1.54) is 25.7 Å². The smallest absolute Gasteiger partial charge is 0.314 e. The molecular formula is C14H31N5O2. The summed E-state index contributed by atoms with van der Waals surface area (Å²) in [6.07, 6.45) is 6.14. The Kier molecular flexibility index (Phi) is 12.5. The van der Waals surface area contributed by atoms with Gasteiger partial charge >= 0.3 is 12.1 Å². The van der Waals surface area contributed by atoms with Gasteiger partial charge in [0, 0.05) is 33.2 Å². The number of nitrogens with zero attached hydrogens (tertiary/aromatic N) is 1. The standard InChI is InChI=1S/C14H31N5O2/c1-3-4-5-6-7-10-19(11-8-17-13(15)20)12-9-18-14(21)16-2/h3-12H2,1-2H3,(H3,15,17,20)(H2,16,18,21). The molecule has 0 saturated heterocycles. The third kappa shape index (κ3) is 13.2. The minimum atomic E-state index is -0.499. The lowest BCUT2D eigenvalue weighted by atomic mass is 10.1. The van der Waals surface area contributed by atoms with Crippen molar-refractivity contribution < 1.29 is 9.59 Å². The summed E-state index contributed by atoms with van der Waals surface area (Å²) < 4.78 is 0. The predicted octanol–water partition coefficient (Wildman–Crippen LogP) is 0.856. The Hall–Kier alpha value is -1.50. The topological polar surface area (TPSA) is 99.5 Å². The molecule has 124 valence electrons. The number of amides is 4. The molecule has 0 aromatic heterocycles. The number of carbonyl (C=O) groups is 2. The van der Waals surface area contributed by atoms with E-state index in [1.54, 1.807) is 7.05 Å². The molecule has 0 aromatic carbocycles.